The van der Waals surface area contributed by atoms with Gasteiger partial charge in [-0.1, -0.05) is 13.8 Å². The third-order valence-corrected chi connectivity index (χ3v) is 2.43. The lowest BCUT2D eigenvalue weighted by Crippen LogP contribution is -2.06. The van der Waals surface area contributed by atoms with Gasteiger partial charge in [0, 0.05) is 12.1 Å². The quantitative estimate of drug-likeness (QED) is 0.691. The van der Waals surface area contributed by atoms with Gasteiger partial charge in [-0.15, -0.1) is 0 Å². The molecule has 0 spiro atoms. The molecule has 1 heterocycles. The molecule has 0 aromatic carbocycles. The van der Waals surface area contributed by atoms with Gasteiger partial charge in [0.05, 0.1) is 11.3 Å². The fraction of sp³-hybridized carbons (Fsp3) is 0.545. The van der Waals surface area contributed by atoms with Crippen molar-refractivity contribution in [1.29, 1.82) is 0 Å². The second-order valence-corrected chi connectivity index (χ2v) is 3.59. The molecule has 3 nitrogen and oxygen atoms in total. The van der Waals surface area contributed by atoms with Gasteiger partial charge in [0.15, 0.2) is 5.78 Å². The largest absolute Gasteiger partial charge is 0.294 e. The SMILES string of the molecule is CCC(C)c1ncc(C(C)=O)c(C)n1. The van der Waals surface area contributed by atoms with Crippen molar-refractivity contribution in [2.45, 2.75) is 40.0 Å². The van der Waals surface area contributed by atoms with Crippen LogP contribution >= 0.6 is 0 Å². The highest BCUT2D eigenvalue weighted by Gasteiger charge is 2.10. The van der Waals surface area contributed by atoms with Crippen LogP contribution in [0.3, 0.4) is 0 Å². The number of carbonyl (C=O) groups excluding carboxylic acids is 1. The number of aryl methyl sites for hydroxylation is 1. The molecule has 0 amide bonds. The van der Waals surface area contributed by atoms with Crippen LogP contribution in [0.15, 0.2) is 6.20 Å². The highest BCUT2D eigenvalue weighted by molar-refractivity contribution is 5.94. The summed E-state index contributed by atoms with van der Waals surface area (Å²) in [6.45, 7) is 7.57. The van der Waals surface area contributed by atoms with Crippen molar-refractivity contribution in [1.82, 2.24) is 9.97 Å². The maximum atomic E-state index is 11.1. The minimum absolute atomic E-state index is 0.0261. The summed E-state index contributed by atoms with van der Waals surface area (Å²) in [7, 11) is 0. The molecule has 0 aliphatic carbocycles. The van der Waals surface area contributed by atoms with Crippen LogP contribution in [0.1, 0.15) is 55.0 Å². The molecule has 1 unspecified atom stereocenters. The van der Waals surface area contributed by atoms with Crippen molar-refractivity contribution in [3.8, 4) is 0 Å². The van der Waals surface area contributed by atoms with Crippen molar-refractivity contribution in [2.24, 2.45) is 0 Å². The first-order chi connectivity index (χ1) is 6.56. The van der Waals surface area contributed by atoms with Crippen molar-refractivity contribution in [3.05, 3.63) is 23.3 Å². The average Bonchev–Trinajstić information content (AvgIpc) is 2.15. The highest BCUT2D eigenvalue weighted by atomic mass is 16.1. The van der Waals surface area contributed by atoms with Crippen LogP contribution < -0.4 is 0 Å². The van der Waals surface area contributed by atoms with Gasteiger partial charge < -0.3 is 0 Å². The van der Waals surface area contributed by atoms with Crippen molar-refractivity contribution >= 4 is 5.78 Å². The molecule has 0 aliphatic heterocycles. The maximum Gasteiger partial charge on any atom is 0.163 e. The van der Waals surface area contributed by atoms with E-state index >= 15 is 0 Å². The number of aromatic nitrogens is 2. The highest BCUT2D eigenvalue weighted by Crippen LogP contribution is 2.15. The van der Waals surface area contributed by atoms with E-state index in [0.29, 0.717) is 11.5 Å². The Morgan fingerprint density at radius 3 is 2.64 bits per heavy atom. The predicted molar refractivity (Wildman–Crippen MR) is 55.5 cm³/mol. The molecule has 0 fully saturated rings. The third-order valence-electron chi connectivity index (χ3n) is 2.43. The molecule has 14 heavy (non-hydrogen) atoms. The third kappa shape index (κ3) is 2.16. The number of rotatable bonds is 3. The maximum absolute atomic E-state index is 11.1. The van der Waals surface area contributed by atoms with E-state index in [9.17, 15) is 4.79 Å². The van der Waals surface area contributed by atoms with E-state index in [4.69, 9.17) is 0 Å². The van der Waals surface area contributed by atoms with Crippen LogP contribution in [-0.2, 0) is 0 Å². The van der Waals surface area contributed by atoms with Crippen molar-refractivity contribution < 1.29 is 4.79 Å². The number of hydrogen-bond donors (Lipinski definition) is 0. The molecule has 76 valence electrons. The Morgan fingerprint density at radius 2 is 2.21 bits per heavy atom. The molecule has 0 saturated heterocycles. The minimum Gasteiger partial charge on any atom is -0.294 e. The van der Waals surface area contributed by atoms with E-state index < -0.39 is 0 Å². The molecule has 3 heteroatoms. The number of carbonyl (C=O) groups is 1. The fourth-order valence-corrected chi connectivity index (χ4v) is 1.25. The monoisotopic (exact) mass is 192 g/mol. The Labute approximate surface area is 84.6 Å². The summed E-state index contributed by atoms with van der Waals surface area (Å²) in [5.74, 6) is 1.21. The molecular formula is C11H16N2O. The van der Waals surface area contributed by atoms with Gasteiger partial charge in [-0.25, -0.2) is 9.97 Å². The topological polar surface area (TPSA) is 42.9 Å². The molecule has 0 saturated carbocycles. The average molecular weight is 192 g/mol. The smallest absolute Gasteiger partial charge is 0.163 e. The molecule has 1 aromatic heterocycles. The summed E-state index contributed by atoms with van der Waals surface area (Å²) in [5.41, 5.74) is 1.40. The van der Waals surface area contributed by atoms with Gasteiger partial charge in [-0.3, -0.25) is 4.79 Å². The van der Waals surface area contributed by atoms with E-state index in [0.717, 1.165) is 17.9 Å². The van der Waals surface area contributed by atoms with Crippen LogP contribution in [0.4, 0.5) is 0 Å². The minimum atomic E-state index is 0.0261. The summed E-state index contributed by atoms with van der Waals surface area (Å²) >= 11 is 0. The van der Waals surface area contributed by atoms with Gasteiger partial charge in [0.25, 0.3) is 0 Å². The van der Waals surface area contributed by atoms with Gasteiger partial charge in [-0.05, 0) is 20.3 Å². The van der Waals surface area contributed by atoms with E-state index in [2.05, 4.69) is 23.8 Å². The summed E-state index contributed by atoms with van der Waals surface area (Å²) in [6.07, 6.45) is 2.64. The normalized spacial score (nSPS) is 12.6. The Morgan fingerprint density at radius 1 is 1.57 bits per heavy atom. The van der Waals surface area contributed by atoms with Gasteiger partial charge in [0.2, 0.25) is 0 Å². The Hall–Kier alpha value is -1.25. The van der Waals surface area contributed by atoms with Crippen molar-refractivity contribution in [2.75, 3.05) is 0 Å². The van der Waals surface area contributed by atoms with Crippen LogP contribution in [0, 0.1) is 6.92 Å². The lowest BCUT2D eigenvalue weighted by molar-refractivity contribution is 0.101. The first-order valence-electron chi connectivity index (χ1n) is 4.90. The Balaban J connectivity index is 3.06. The summed E-state index contributed by atoms with van der Waals surface area (Å²) in [5, 5.41) is 0. The Kier molecular flexibility index (Phi) is 3.33. The molecule has 0 aliphatic rings. The van der Waals surface area contributed by atoms with E-state index in [-0.39, 0.29) is 5.78 Å². The molecular weight excluding hydrogens is 176 g/mol. The van der Waals surface area contributed by atoms with Gasteiger partial charge >= 0.3 is 0 Å². The molecule has 0 radical (unpaired) electrons. The number of Topliss-reactive ketones (excluding diaryl/α,β-unsaturated/α-hetero) is 1. The van der Waals surface area contributed by atoms with Crippen LogP contribution in [0.25, 0.3) is 0 Å². The standard InChI is InChI=1S/C11H16N2O/c1-5-7(2)11-12-6-10(9(4)14)8(3)13-11/h6-7H,5H2,1-4H3. The molecule has 1 atom stereocenters. The zero-order chi connectivity index (χ0) is 10.7. The summed E-state index contributed by atoms with van der Waals surface area (Å²) in [4.78, 5) is 19.7. The van der Waals surface area contributed by atoms with E-state index in [1.54, 1.807) is 6.20 Å². The second-order valence-electron chi connectivity index (χ2n) is 3.59. The molecule has 0 bridgehead atoms. The predicted octanol–water partition coefficient (Wildman–Crippen LogP) is 2.50. The van der Waals surface area contributed by atoms with Gasteiger partial charge in [-0.2, -0.15) is 0 Å². The first kappa shape index (κ1) is 10.8. The fourth-order valence-electron chi connectivity index (χ4n) is 1.25. The first-order valence-corrected chi connectivity index (χ1v) is 4.90. The van der Waals surface area contributed by atoms with Gasteiger partial charge in [0.1, 0.15) is 5.82 Å². The van der Waals surface area contributed by atoms with E-state index in [1.165, 1.54) is 6.92 Å². The molecule has 1 aromatic rings. The zero-order valence-electron chi connectivity index (χ0n) is 9.16. The number of hydrogen-bond acceptors (Lipinski definition) is 3. The second kappa shape index (κ2) is 4.31. The lowest BCUT2D eigenvalue weighted by atomic mass is 10.1. The van der Waals surface area contributed by atoms with Crippen LogP contribution in [0.2, 0.25) is 0 Å². The zero-order valence-corrected chi connectivity index (χ0v) is 9.16. The van der Waals surface area contributed by atoms with Crippen molar-refractivity contribution in [3.63, 3.8) is 0 Å². The summed E-state index contributed by atoms with van der Waals surface area (Å²) in [6, 6.07) is 0. The number of nitrogens with zero attached hydrogens (tertiary/aromatic N) is 2. The molecule has 1 rings (SSSR count). The lowest BCUT2D eigenvalue weighted by Gasteiger charge is -2.08. The van der Waals surface area contributed by atoms with E-state index in [1.807, 2.05) is 6.92 Å². The van der Waals surface area contributed by atoms with Crippen LogP contribution in [-0.4, -0.2) is 15.8 Å². The Bertz CT molecular complexity index is 347. The molecule has 0 N–H and O–H groups in total. The number of ketones is 1. The summed E-state index contributed by atoms with van der Waals surface area (Å²) < 4.78 is 0. The van der Waals surface area contributed by atoms with Crippen LogP contribution in [0.5, 0.6) is 0 Å².